The van der Waals surface area contributed by atoms with Crippen molar-refractivity contribution in [2.75, 3.05) is 7.11 Å². The molecule has 0 aliphatic carbocycles. The van der Waals surface area contributed by atoms with Gasteiger partial charge in [-0.15, -0.1) is 11.6 Å². The lowest BCUT2D eigenvalue weighted by Crippen LogP contribution is -1.97. The van der Waals surface area contributed by atoms with Crippen LogP contribution < -0.4 is 4.74 Å². The van der Waals surface area contributed by atoms with Crippen LogP contribution in [0.5, 0.6) is 5.75 Å². The summed E-state index contributed by atoms with van der Waals surface area (Å²) in [5.41, 5.74) is -0.123. The van der Waals surface area contributed by atoms with Crippen molar-refractivity contribution in [1.82, 2.24) is 0 Å². The molecular formula is C9H9ClF2O. The maximum atomic E-state index is 13.1. The number of rotatable bonds is 2. The van der Waals surface area contributed by atoms with Crippen molar-refractivity contribution in [3.05, 3.63) is 29.3 Å². The van der Waals surface area contributed by atoms with Crippen LogP contribution in [-0.2, 0) is 0 Å². The first-order valence-corrected chi connectivity index (χ1v) is 4.17. The van der Waals surface area contributed by atoms with E-state index in [9.17, 15) is 8.78 Å². The molecule has 0 amide bonds. The van der Waals surface area contributed by atoms with Crippen LogP contribution in [0.1, 0.15) is 17.9 Å². The molecular weight excluding hydrogens is 198 g/mol. The second kappa shape index (κ2) is 3.92. The molecule has 0 bridgehead atoms. The predicted molar refractivity (Wildman–Crippen MR) is 47.2 cm³/mol. The second-order valence-electron chi connectivity index (χ2n) is 2.62. The minimum absolute atomic E-state index is 0.123. The van der Waals surface area contributed by atoms with Crippen molar-refractivity contribution in [3.8, 4) is 5.75 Å². The number of hydrogen-bond donors (Lipinski definition) is 0. The van der Waals surface area contributed by atoms with Gasteiger partial charge in [-0.2, -0.15) is 0 Å². The van der Waals surface area contributed by atoms with E-state index in [0.29, 0.717) is 0 Å². The third kappa shape index (κ3) is 2.10. The van der Waals surface area contributed by atoms with Gasteiger partial charge in [0, 0.05) is 17.7 Å². The Balaban J connectivity index is 3.23. The third-order valence-corrected chi connectivity index (χ3v) is 1.90. The minimum atomic E-state index is -0.689. The van der Waals surface area contributed by atoms with E-state index in [2.05, 4.69) is 4.74 Å². The zero-order valence-electron chi connectivity index (χ0n) is 7.27. The van der Waals surface area contributed by atoms with E-state index in [4.69, 9.17) is 11.6 Å². The van der Waals surface area contributed by atoms with Gasteiger partial charge in [-0.25, -0.2) is 8.78 Å². The van der Waals surface area contributed by atoms with Crippen molar-refractivity contribution in [3.63, 3.8) is 0 Å². The highest BCUT2D eigenvalue weighted by atomic mass is 35.5. The third-order valence-electron chi connectivity index (χ3n) is 1.69. The topological polar surface area (TPSA) is 9.23 Å². The summed E-state index contributed by atoms with van der Waals surface area (Å²) in [6.07, 6.45) is 0. The molecule has 1 unspecified atom stereocenters. The second-order valence-corrected chi connectivity index (χ2v) is 3.28. The van der Waals surface area contributed by atoms with Crippen molar-refractivity contribution in [2.24, 2.45) is 0 Å². The molecule has 1 nitrogen and oxygen atoms in total. The van der Waals surface area contributed by atoms with Crippen LogP contribution in [0, 0.1) is 11.6 Å². The Labute approximate surface area is 80.3 Å². The molecule has 0 spiro atoms. The molecule has 0 fully saturated rings. The summed E-state index contributed by atoms with van der Waals surface area (Å²) in [6.45, 7) is 1.51. The number of benzene rings is 1. The van der Waals surface area contributed by atoms with Gasteiger partial charge in [0.2, 0.25) is 0 Å². The zero-order chi connectivity index (χ0) is 10.0. The van der Waals surface area contributed by atoms with Crippen LogP contribution in [0.15, 0.2) is 12.1 Å². The molecule has 1 rings (SSSR count). The molecule has 0 aliphatic heterocycles. The molecule has 0 N–H and O–H groups in total. The minimum Gasteiger partial charge on any atom is -0.497 e. The first-order valence-electron chi connectivity index (χ1n) is 3.73. The summed E-state index contributed by atoms with van der Waals surface area (Å²) in [5.74, 6) is -1.21. The molecule has 0 heterocycles. The Kier molecular flexibility index (Phi) is 3.09. The van der Waals surface area contributed by atoms with Crippen LogP contribution in [-0.4, -0.2) is 7.11 Å². The highest BCUT2D eigenvalue weighted by molar-refractivity contribution is 6.20. The number of halogens is 3. The van der Waals surface area contributed by atoms with Gasteiger partial charge in [0.1, 0.15) is 17.4 Å². The van der Waals surface area contributed by atoms with Crippen molar-refractivity contribution >= 4 is 11.6 Å². The van der Waals surface area contributed by atoms with Gasteiger partial charge < -0.3 is 4.74 Å². The SMILES string of the molecule is COc1cc(F)c(C(C)Cl)c(F)c1. The lowest BCUT2D eigenvalue weighted by molar-refractivity contribution is 0.405. The van der Waals surface area contributed by atoms with Crippen molar-refractivity contribution < 1.29 is 13.5 Å². The lowest BCUT2D eigenvalue weighted by Gasteiger charge is -2.08. The highest BCUT2D eigenvalue weighted by Crippen LogP contribution is 2.28. The Morgan fingerprint density at radius 2 is 1.77 bits per heavy atom. The smallest absolute Gasteiger partial charge is 0.134 e. The van der Waals surface area contributed by atoms with E-state index >= 15 is 0 Å². The summed E-state index contributed by atoms with van der Waals surface area (Å²) in [6, 6.07) is 2.22. The number of methoxy groups -OCH3 is 1. The van der Waals surface area contributed by atoms with Gasteiger partial charge in [0.15, 0.2) is 0 Å². The van der Waals surface area contributed by atoms with Crippen molar-refractivity contribution in [2.45, 2.75) is 12.3 Å². The fourth-order valence-electron chi connectivity index (χ4n) is 1.06. The predicted octanol–water partition coefficient (Wildman–Crippen LogP) is 3.27. The van der Waals surface area contributed by atoms with E-state index in [-0.39, 0.29) is 11.3 Å². The summed E-state index contributed by atoms with van der Waals surface area (Å²) < 4.78 is 31.0. The molecule has 0 aromatic heterocycles. The maximum Gasteiger partial charge on any atom is 0.134 e. The molecule has 1 aromatic carbocycles. The fourth-order valence-corrected chi connectivity index (χ4v) is 1.27. The number of ether oxygens (including phenoxy) is 1. The summed E-state index contributed by atoms with van der Waals surface area (Å²) in [7, 11) is 1.35. The van der Waals surface area contributed by atoms with E-state index in [1.54, 1.807) is 0 Å². The Bertz CT molecular complexity index is 289. The number of alkyl halides is 1. The van der Waals surface area contributed by atoms with E-state index in [0.717, 1.165) is 12.1 Å². The summed E-state index contributed by atoms with van der Waals surface area (Å²) in [4.78, 5) is 0. The van der Waals surface area contributed by atoms with Gasteiger partial charge in [-0.3, -0.25) is 0 Å². The first-order chi connectivity index (χ1) is 6.06. The van der Waals surface area contributed by atoms with E-state index in [1.165, 1.54) is 14.0 Å². The molecule has 13 heavy (non-hydrogen) atoms. The monoisotopic (exact) mass is 206 g/mol. The van der Waals surface area contributed by atoms with Crippen molar-refractivity contribution in [1.29, 1.82) is 0 Å². The molecule has 0 saturated carbocycles. The Morgan fingerprint density at radius 3 is 2.08 bits per heavy atom. The van der Waals surface area contributed by atoms with Crippen LogP contribution in [0.4, 0.5) is 8.78 Å². The van der Waals surface area contributed by atoms with Gasteiger partial charge in [0.05, 0.1) is 12.5 Å². The normalized spacial score (nSPS) is 12.7. The van der Waals surface area contributed by atoms with Crippen LogP contribution in [0.3, 0.4) is 0 Å². The van der Waals surface area contributed by atoms with Gasteiger partial charge in [-0.1, -0.05) is 0 Å². The average Bonchev–Trinajstić information content (AvgIpc) is 2.02. The molecule has 1 atom stereocenters. The fraction of sp³-hybridized carbons (Fsp3) is 0.333. The van der Waals surface area contributed by atoms with Gasteiger partial charge in [0.25, 0.3) is 0 Å². The number of hydrogen-bond acceptors (Lipinski definition) is 1. The van der Waals surface area contributed by atoms with Crippen LogP contribution >= 0.6 is 11.6 Å². The average molecular weight is 207 g/mol. The van der Waals surface area contributed by atoms with Gasteiger partial charge in [-0.05, 0) is 6.92 Å². The Hall–Kier alpha value is -0.830. The molecule has 4 heteroatoms. The lowest BCUT2D eigenvalue weighted by atomic mass is 10.1. The summed E-state index contributed by atoms with van der Waals surface area (Å²) in [5, 5.41) is -0.689. The molecule has 0 radical (unpaired) electrons. The van der Waals surface area contributed by atoms with Crippen LogP contribution in [0.2, 0.25) is 0 Å². The molecule has 72 valence electrons. The maximum absolute atomic E-state index is 13.1. The summed E-state index contributed by atoms with van der Waals surface area (Å²) >= 11 is 5.59. The molecule has 1 aromatic rings. The standard InChI is InChI=1S/C9H9ClF2O/c1-5(10)9-7(11)3-6(13-2)4-8(9)12/h3-5H,1-2H3. The molecule has 0 aliphatic rings. The highest BCUT2D eigenvalue weighted by Gasteiger charge is 2.15. The first kappa shape index (κ1) is 10.3. The van der Waals surface area contributed by atoms with Crippen LogP contribution in [0.25, 0.3) is 0 Å². The quantitative estimate of drug-likeness (QED) is 0.675. The molecule has 0 saturated heterocycles. The van der Waals surface area contributed by atoms with E-state index in [1.807, 2.05) is 0 Å². The zero-order valence-corrected chi connectivity index (χ0v) is 8.03. The van der Waals surface area contributed by atoms with Gasteiger partial charge >= 0.3 is 0 Å². The Morgan fingerprint density at radius 1 is 1.31 bits per heavy atom. The van der Waals surface area contributed by atoms with E-state index < -0.39 is 17.0 Å². The largest absolute Gasteiger partial charge is 0.497 e.